The lowest BCUT2D eigenvalue weighted by atomic mass is 9.97. The monoisotopic (exact) mass is 271 g/mol. The summed E-state index contributed by atoms with van der Waals surface area (Å²) in [6.45, 7) is 0. The van der Waals surface area contributed by atoms with Gasteiger partial charge in [-0.1, -0.05) is 43.0 Å². The summed E-state index contributed by atoms with van der Waals surface area (Å²) >= 11 is 0. The predicted octanol–water partition coefficient (Wildman–Crippen LogP) is 3.83. The van der Waals surface area contributed by atoms with E-state index in [4.69, 9.17) is 10.3 Å². The first-order chi connectivity index (χ1) is 9.81. The van der Waals surface area contributed by atoms with E-state index in [2.05, 4.69) is 10.1 Å². The fourth-order valence-electron chi connectivity index (χ4n) is 2.95. The highest BCUT2D eigenvalue weighted by atomic mass is 16.5. The third kappa shape index (κ3) is 3.18. The number of benzene rings is 1. The predicted molar refractivity (Wildman–Crippen MR) is 79.0 cm³/mol. The molecule has 0 unspecified atom stereocenters. The van der Waals surface area contributed by atoms with Crippen molar-refractivity contribution in [2.24, 2.45) is 5.92 Å². The molecule has 1 fully saturated rings. The molecule has 106 valence electrons. The smallest absolute Gasteiger partial charge is 0.227 e. The molecule has 1 aromatic carbocycles. The topological polar surface area (TPSA) is 64.9 Å². The van der Waals surface area contributed by atoms with Crippen LogP contribution >= 0.6 is 0 Å². The highest BCUT2D eigenvalue weighted by Crippen LogP contribution is 2.26. The Kier molecular flexibility index (Phi) is 4.00. The van der Waals surface area contributed by atoms with Crippen molar-refractivity contribution in [2.45, 2.75) is 44.9 Å². The van der Waals surface area contributed by atoms with Gasteiger partial charge in [0, 0.05) is 17.7 Å². The van der Waals surface area contributed by atoms with Crippen molar-refractivity contribution in [1.29, 1.82) is 0 Å². The van der Waals surface area contributed by atoms with Gasteiger partial charge < -0.3 is 10.3 Å². The summed E-state index contributed by atoms with van der Waals surface area (Å²) < 4.78 is 5.40. The number of anilines is 1. The average molecular weight is 271 g/mol. The van der Waals surface area contributed by atoms with E-state index in [1.54, 1.807) is 0 Å². The molecule has 4 nitrogen and oxygen atoms in total. The first-order valence-corrected chi connectivity index (χ1v) is 7.50. The lowest BCUT2D eigenvalue weighted by Gasteiger charge is -2.09. The molecule has 0 atom stereocenters. The number of nitrogens with two attached hydrogens (primary N) is 1. The van der Waals surface area contributed by atoms with Gasteiger partial charge in [0.15, 0.2) is 0 Å². The summed E-state index contributed by atoms with van der Waals surface area (Å²) in [5.74, 6) is 2.10. The zero-order valence-corrected chi connectivity index (χ0v) is 11.7. The minimum absolute atomic E-state index is 0.640. The van der Waals surface area contributed by atoms with Crippen LogP contribution < -0.4 is 5.73 Å². The van der Waals surface area contributed by atoms with Crippen LogP contribution in [0, 0.1) is 5.92 Å². The van der Waals surface area contributed by atoms with Crippen molar-refractivity contribution in [3.05, 3.63) is 30.2 Å². The van der Waals surface area contributed by atoms with Gasteiger partial charge in [-0.05, 0) is 30.9 Å². The molecule has 3 rings (SSSR count). The Morgan fingerprint density at radius 2 is 1.95 bits per heavy atom. The summed E-state index contributed by atoms with van der Waals surface area (Å²) in [6.07, 6.45) is 8.90. The van der Waals surface area contributed by atoms with Gasteiger partial charge in [0.1, 0.15) is 0 Å². The Hall–Kier alpha value is -1.84. The maximum absolute atomic E-state index is 5.78. The van der Waals surface area contributed by atoms with E-state index < -0.39 is 0 Å². The minimum Gasteiger partial charge on any atom is -0.399 e. The molecule has 2 N–H and O–H groups in total. The van der Waals surface area contributed by atoms with E-state index in [-0.39, 0.29) is 0 Å². The molecule has 1 aliphatic carbocycles. The van der Waals surface area contributed by atoms with E-state index in [1.165, 1.54) is 38.5 Å². The number of nitrogens with zero attached hydrogens (tertiary/aromatic N) is 2. The van der Waals surface area contributed by atoms with Crippen molar-refractivity contribution < 1.29 is 4.52 Å². The second-order valence-electron chi connectivity index (χ2n) is 5.70. The largest absolute Gasteiger partial charge is 0.399 e. The van der Waals surface area contributed by atoms with Gasteiger partial charge in [-0.3, -0.25) is 0 Å². The number of nitrogen functional groups attached to an aromatic ring is 1. The van der Waals surface area contributed by atoms with Crippen LogP contribution in [0.3, 0.4) is 0 Å². The lowest BCUT2D eigenvalue weighted by Crippen LogP contribution is -2.03. The lowest BCUT2D eigenvalue weighted by molar-refractivity contribution is 0.339. The maximum Gasteiger partial charge on any atom is 0.227 e. The highest BCUT2D eigenvalue weighted by molar-refractivity contribution is 5.60. The quantitative estimate of drug-likeness (QED) is 0.680. The normalized spacial score (nSPS) is 17.0. The molecule has 1 aliphatic rings. The molecule has 1 aromatic heterocycles. The Morgan fingerprint density at radius 1 is 1.15 bits per heavy atom. The van der Waals surface area contributed by atoms with E-state index in [1.807, 2.05) is 24.3 Å². The zero-order valence-electron chi connectivity index (χ0n) is 11.7. The highest BCUT2D eigenvalue weighted by Gasteiger charge is 2.17. The molecule has 0 saturated heterocycles. The first-order valence-electron chi connectivity index (χ1n) is 7.50. The molecule has 2 aromatic rings. The standard InChI is InChI=1S/C16H21N3O/c17-14-9-5-8-13(11-14)16-18-15(20-19-16)10-12-6-3-1-2-4-7-12/h5,8-9,11-12H,1-4,6-7,10,17H2. The van der Waals surface area contributed by atoms with Crippen LogP contribution in [0.5, 0.6) is 0 Å². The van der Waals surface area contributed by atoms with Crippen molar-refractivity contribution >= 4 is 5.69 Å². The van der Waals surface area contributed by atoms with E-state index in [0.29, 0.717) is 11.7 Å². The van der Waals surface area contributed by atoms with Crippen molar-refractivity contribution in [1.82, 2.24) is 10.1 Å². The second-order valence-corrected chi connectivity index (χ2v) is 5.70. The summed E-state index contributed by atoms with van der Waals surface area (Å²) in [7, 11) is 0. The van der Waals surface area contributed by atoms with Crippen molar-refractivity contribution in [3.63, 3.8) is 0 Å². The molecule has 0 amide bonds. The van der Waals surface area contributed by atoms with Crippen molar-refractivity contribution in [3.8, 4) is 11.4 Å². The van der Waals surface area contributed by atoms with Gasteiger partial charge in [0.05, 0.1) is 0 Å². The van der Waals surface area contributed by atoms with Gasteiger partial charge in [-0.15, -0.1) is 0 Å². The zero-order chi connectivity index (χ0) is 13.8. The molecular formula is C16H21N3O. The van der Waals surface area contributed by atoms with Gasteiger partial charge in [0.2, 0.25) is 11.7 Å². The summed E-state index contributed by atoms with van der Waals surface area (Å²) in [4.78, 5) is 4.51. The maximum atomic E-state index is 5.78. The molecule has 0 radical (unpaired) electrons. The third-order valence-electron chi connectivity index (χ3n) is 4.05. The van der Waals surface area contributed by atoms with E-state index in [9.17, 15) is 0 Å². The van der Waals surface area contributed by atoms with Crippen LogP contribution in [0.25, 0.3) is 11.4 Å². The van der Waals surface area contributed by atoms with E-state index in [0.717, 1.165) is 23.6 Å². The van der Waals surface area contributed by atoms with Gasteiger partial charge in [-0.25, -0.2) is 0 Å². The first kappa shape index (κ1) is 13.2. The van der Waals surface area contributed by atoms with Crippen LogP contribution in [-0.4, -0.2) is 10.1 Å². The third-order valence-corrected chi connectivity index (χ3v) is 4.05. The fraction of sp³-hybridized carbons (Fsp3) is 0.500. The molecule has 0 aliphatic heterocycles. The molecule has 1 heterocycles. The van der Waals surface area contributed by atoms with Gasteiger partial charge in [-0.2, -0.15) is 4.98 Å². The Labute approximate surface area is 119 Å². The van der Waals surface area contributed by atoms with Crippen molar-refractivity contribution in [2.75, 3.05) is 5.73 Å². The van der Waals surface area contributed by atoms with E-state index >= 15 is 0 Å². The van der Waals surface area contributed by atoms with Crippen LogP contribution in [-0.2, 0) is 6.42 Å². The Bertz CT molecular complexity index is 556. The van der Waals surface area contributed by atoms with Crippen LogP contribution in [0.2, 0.25) is 0 Å². The molecule has 0 bridgehead atoms. The van der Waals surface area contributed by atoms with Crippen LogP contribution in [0.1, 0.15) is 44.4 Å². The Morgan fingerprint density at radius 3 is 2.70 bits per heavy atom. The number of rotatable bonds is 3. The second kappa shape index (κ2) is 6.07. The summed E-state index contributed by atoms with van der Waals surface area (Å²) in [5.41, 5.74) is 7.42. The average Bonchev–Trinajstić information content (AvgIpc) is 2.75. The number of hydrogen-bond donors (Lipinski definition) is 1. The van der Waals surface area contributed by atoms with Gasteiger partial charge in [0.25, 0.3) is 0 Å². The van der Waals surface area contributed by atoms with Crippen LogP contribution in [0.15, 0.2) is 28.8 Å². The SMILES string of the molecule is Nc1cccc(-c2noc(CC3CCCCCC3)n2)c1. The molecule has 20 heavy (non-hydrogen) atoms. The number of aromatic nitrogens is 2. The molecule has 4 heteroatoms. The Balaban J connectivity index is 1.70. The summed E-state index contributed by atoms with van der Waals surface area (Å²) in [5, 5.41) is 4.07. The summed E-state index contributed by atoms with van der Waals surface area (Å²) in [6, 6.07) is 7.60. The molecule has 0 spiro atoms. The van der Waals surface area contributed by atoms with Gasteiger partial charge >= 0.3 is 0 Å². The number of hydrogen-bond acceptors (Lipinski definition) is 4. The van der Waals surface area contributed by atoms with Crippen LogP contribution in [0.4, 0.5) is 5.69 Å². The fourth-order valence-corrected chi connectivity index (χ4v) is 2.95. The molecule has 1 saturated carbocycles. The minimum atomic E-state index is 0.640. The molecular weight excluding hydrogens is 250 g/mol.